The summed E-state index contributed by atoms with van der Waals surface area (Å²) in [5, 5.41) is 5.10. The molecular formula is C12H26N4O2. The van der Waals surface area contributed by atoms with Gasteiger partial charge in [0.15, 0.2) is 0 Å². The maximum Gasteiger partial charge on any atom is 0.318 e. The Labute approximate surface area is 109 Å². The highest BCUT2D eigenvalue weighted by Gasteiger charge is 2.12. The number of nitrogens with one attached hydrogen (secondary N) is 2. The Balaban J connectivity index is 3.60. The second-order valence-electron chi connectivity index (χ2n) is 4.81. The number of hydrogen-bond acceptors (Lipinski definition) is 4. The van der Waals surface area contributed by atoms with Crippen molar-refractivity contribution in [3.05, 3.63) is 0 Å². The van der Waals surface area contributed by atoms with E-state index in [1.807, 2.05) is 5.32 Å². The van der Waals surface area contributed by atoms with Crippen LogP contribution in [0.3, 0.4) is 0 Å². The van der Waals surface area contributed by atoms with Crippen LogP contribution in [0.1, 0.15) is 33.6 Å². The summed E-state index contributed by atoms with van der Waals surface area (Å²) in [6.07, 6.45) is 2.07. The van der Waals surface area contributed by atoms with Crippen molar-refractivity contribution in [2.75, 3.05) is 20.1 Å². The smallest absolute Gasteiger partial charge is 0.318 e. The highest BCUT2D eigenvalue weighted by atomic mass is 16.2. The predicted octanol–water partition coefficient (Wildman–Crippen LogP) is 0.280. The van der Waals surface area contributed by atoms with Crippen molar-refractivity contribution in [2.45, 2.75) is 45.7 Å². The van der Waals surface area contributed by atoms with Gasteiger partial charge in [-0.2, -0.15) is 0 Å². The first-order valence-electron chi connectivity index (χ1n) is 6.38. The van der Waals surface area contributed by atoms with Crippen molar-refractivity contribution >= 4 is 11.9 Å². The Morgan fingerprint density at radius 1 is 1.22 bits per heavy atom. The van der Waals surface area contributed by atoms with Gasteiger partial charge in [0.2, 0.25) is 5.91 Å². The molecule has 0 aliphatic heterocycles. The maximum atomic E-state index is 11.3. The number of unbranched alkanes of at least 4 members (excludes halogenated alkanes) is 1. The van der Waals surface area contributed by atoms with Crippen LogP contribution >= 0.6 is 0 Å². The first-order chi connectivity index (χ1) is 8.34. The Hall–Kier alpha value is -1.14. The van der Waals surface area contributed by atoms with Gasteiger partial charge in [-0.25, -0.2) is 4.79 Å². The number of carbonyl (C=O) groups excluding carboxylic acids is 2. The molecule has 0 aromatic heterocycles. The number of nitrogens with two attached hydrogens (primary N) is 1. The third-order valence-corrected chi connectivity index (χ3v) is 2.91. The van der Waals surface area contributed by atoms with Gasteiger partial charge < -0.3 is 16.0 Å². The fourth-order valence-corrected chi connectivity index (χ4v) is 1.39. The van der Waals surface area contributed by atoms with E-state index < -0.39 is 12.1 Å². The molecule has 0 aliphatic carbocycles. The van der Waals surface area contributed by atoms with Crippen LogP contribution in [0.15, 0.2) is 0 Å². The van der Waals surface area contributed by atoms with E-state index in [0.717, 1.165) is 25.9 Å². The van der Waals surface area contributed by atoms with Crippen molar-refractivity contribution in [1.29, 1.82) is 0 Å². The molecule has 3 amide bonds. The molecule has 0 rings (SSSR count). The summed E-state index contributed by atoms with van der Waals surface area (Å²) in [5.41, 5.74) is 4.86. The number of nitrogens with zero attached hydrogens (tertiary/aromatic N) is 1. The SMILES string of the molecule is CC(NCCCCN(C)C(C)C)C(=O)NC(N)=O. The van der Waals surface area contributed by atoms with E-state index in [-0.39, 0.29) is 5.91 Å². The molecular weight excluding hydrogens is 232 g/mol. The number of carbonyl (C=O) groups is 2. The Bertz CT molecular complexity index is 269. The maximum absolute atomic E-state index is 11.3. The van der Waals surface area contributed by atoms with Gasteiger partial charge >= 0.3 is 6.03 Å². The number of primary amides is 1. The summed E-state index contributed by atoms with van der Waals surface area (Å²) >= 11 is 0. The van der Waals surface area contributed by atoms with E-state index in [2.05, 4.69) is 31.1 Å². The number of rotatable bonds is 8. The minimum Gasteiger partial charge on any atom is -0.351 e. The molecule has 0 fully saturated rings. The lowest BCUT2D eigenvalue weighted by Gasteiger charge is -2.20. The van der Waals surface area contributed by atoms with Crippen LogP contribution in [-0.2, 0) is 4.79 Å². The average Bonchev–Trinajstić information content (AvgIpc) is 2.26. The van der Waals surface area contributed by atoms with Crippen LogP contribution in [0.4, 0.5) is 4.79 Å². The summed E-state index contributed by atoms with van der Waals surface area (Å²) in [4.78, 5) is 24.1. The third kappa shape index (κ3) is 8.03. The summed E-state index contributed by atoms with van der Waals surface area (Å²) in [5.74, 6) is -0.387. The first kappa shape index (κ1) is 16.9. The first-order valence-corrected chi connectivity index (χ1v) is 6.38. The molecule has 6 heteroatoms. The molecule has 0 radical (unpaired) electrons. The van der Waals surface area contributed by atoms with Crippen LogP contribution < -0.4 is 16.4 Å². The molecule has 1 unspecified atom stereocenters. The van der Waals surface area contributed by atoms with E-state index in [1.54, 1.807) is 6.92 Å². The number of hydrogen-bond donors (Lipinski definition) is 3. The second kappa shape index (κ2) is 8.88. The minimum atomic E-state index is -0.813. The molecule has 0 heterocycles. The molecule has 0 spiro atoms. The van der Waals surface area contributed by atoms with Gasteiger partial charge in [0.1, 0.15) is 0 Å². The zero-order chi connectivity index (χ0) is 14.1. The highest BCUT2D eigenvalue weighted by Crippen LogP contribution is 1.97. The molecule has 0 saturated carbocycles. The fraction of sp³-hybridized carbons (Fsp3) is 0.833. The van der Waals surface area contributed by atoms with Crippen LogP contribution in [-0.4, -0.2) is 49.1 Å². The standard InChI is InChI=1S/C12H26N4O2/c1-9(2)16(4)8-6-5-7-14-10(3)11(17)15-12(13)18/h9-10,14H,5-8H2,1-4H3,(H3,13,15,17,18). The predicted molar refractivity (Wildman–Crippen MR) is 72.2 cm³/mol. The van der Waals surface area contributed by atoms with E-state index >= 15 is 0 Å². The molecule has 6 nitrogen and oxygen atoms in total. The lowest BCUT2D eigenvalue weighted by Crippen LogP contribution is -2.46. The lowest BCUT2D eigenvalue weighted by atomic mass is 10.2. The lowest BCUT2D eigenvalue weighted by molar-refractivity contribution is -0.121. The quantitative estimate of drug-likeness (QED) is 0.546. The summed E-state index contributed by atoms with van der Waals surface area (Å²) in [7, 11) is 2.10. The van der Waals surface area contributed by atoms with Gasteiger partial charge in [-0.05, 0) is 53.8 Å². The molecule has 0 saturated heterocycles. The molecule has 0 aromatic carbocycles. The zero-order valence-electron chi connectivity index (χ0n) is 11.8. The zero-order valence-corrected chi connectivity index (χ0v) is 11.8. The van der Waals surface area contributed by atoms with Gasteiger partial charge in [0.05, 0.1) is 6.04 Å². The van der Waals surface area contributed by atoms with E-state index in [0.29, 0.717) is 6.04 Å². The minimum absolute atomic E-state index is 0.387. The average molecular weight is 258 g/mol. The van der Waals surface area contributed by atoms with Gasteiger partial charge in [-0.3, -0.25) is 10.1 Å². The van der Waals surface area contributed by atoms with Crippen LogP contribution in [0.2, 0.25) is 0 Å². The Morgan fingerprint density at radius 3 is 2.33 bits per heavy atom. The molecule has 1 atom stereocenters. The number of imide groups is 1. The summed E-state index contributed by atoms with van der Waals surface area (Å²) < 4.78 is 0. The Kier molecular flexibility index (Phi) is 8.32. The van der Waals surface area contributed by atoms with Gasteiger partial charge in [-0.1, -0.05) is 0 Å². The largest absolute Gasteiger partial charge is 0.351 e. The van der Waals surface area contributed by atoms with Gasteiger partial charge in [0.25, 0.3) is 0 Å². The monoisotopic (exact) mass is 258 g/mol. The number of urea groups is 1. The van der Waals surface area contributed by atoms with Crippen LogP contribution in [0, 0.1) is 0 Å². The molecule has 0 aromatic rings. The van der Waals surface area contributed by atoms with E-state index in [1.165, 1.54) is 0 Å². The van der Waals surface area contributed by atoms with E-state index in [9.17, 15) is 9.59 Å². The molecule has 4 N–H and O–H groups in total. The van der Waals surface area contributed by atoms with Crippen LogP contribution in [0.5, 0.6) is 0 Å². The Morgan fingerprint density at radius 2 is 1.83 bits per heavy atom. The summed E-state index contributed by atoms with van der Waals surface area (Å²) in [6.45, 7) is 7.82. The van der Waals surface area contributed by atoms with Crippen LogP contribution in [0.25, 0.3) is 0 Å². The number of amides is 3. The second-order valence-corrected chi connectivity index (χ2v) is 4.81. The normalized spacial score (nSPS) is 12.8. The summed E-state index contributed by atoms with van der Waals surface area (Å²) in [6, 6.07) is -0.661. The topological polar surface area (TPSA) is 87.5 Å². The highest BCUT2D eigenvalue weighted by molar-refractivity contribution is 5.96. The van der Waals surface area contributed by atoms with Gasteiger partial charge in [0, 0.05) is 6.04 Å². The van der Waals surface area contributed by atoms with Crippen molar-refractivity contribution in [2.24, 2.45) is 5.73 Å². The molecule has 18 heavy (non-hydrogen) atoms. The third-order valence-electron chi connectivity index (χ3n) is 2.91. The molecule has 0 aliphatic rings. The molecule has 0 bridgehead atoms. The van der Waals surface area contributed by atoms with Gasteiger partial charge in [-0.15, -0.1) is 0 Å². The van der Waals surface area contributed by atoms with Crippen molar-refractivity contribution in [1.82, 2.24) is 15.5 Å². The van der Waals surface area contributed by atoms with Crippen molar-refractivity contribution in [3.8, 4) is 0 Å². The van der Waals surface area contributed by atoms with Crippen molar-refractivity contribution in [3.63, 3.8) is 0 Å². The van der Waals surface area contributed by atoms with Crippen molar-refractivity contribution < 1.29 is 9.59 Å². The molecule has 106 valence electrons. The van der Waals surface area contributed by atoms with E-state index in [4.69, 9.17) is 5.73 Å². The fourth-order valence-electron chi connectivity index (χ4n) is 1.39.